The molecule has 0 radical (unpaired) electrons. The average Bonchev–Trinajstić information content (AvgIpc) is 3.28. The molecule has 2 atom stereocenters. The smallest absolute Gasteiger partial charge is 0.170 e. The van der Waals surface area contributed by atoms with Gasteiger partial charge in [0.25, 0.3) is 0 Å². The summed E-state index contributed by atoms with van der Waals surface area (Å²) in [6, 6.07) is 20.2. The summed E-state index contributed by atoms with van der Waals surface area (Å²) in [5.74, 6) is 2.25. The molecule has 0 saturated carbocycles. The topological polar surface area (TPSA) is 41.3 Å². The maximum Gasteiger partial charge on any atom is 0.170 e. The quantitative estimate of drug-likeness (QED) is 0.636. The van der Waals surface area contributed by atoms with Crippen molar-refractivity contribution in [2.75, 3.05) is 6.54 Å². The largest absolute Gasteiger partial charge is 0.459 e. The van der Waals surface area contributed by atoms with E-state index in [1.165, 1.54) is 0 Å². The summed E-state index contributed by atoms with van der Waals surface area (Å²) in [7, 11) is 0. The molecule has 0 amide bonds. The second-order valence-corrected chi connectivity index (χ2v) is 7.63. The van der Waals surface area contributed by atoms with Crippen molar-refractivity contribution in [2.24, 2.45) is 5.92 Å². The predicted octanol–water partition coefficient (Wildman–Crippen LogP) is 4.97. The molecule has 1 fully saturated rings. The highest BCUT2D eigenvalue weighted by Gasteiger charge is 2.41. The van der Waals surface area contributed by atoms with Crippen molar-refractivity contribution < 1.29 is 4.42 Å². The van der Waals surface area contributed by atoms with E-state index >= 15 is 0 Å². The molecule has 4 nitrogen and oxygen atoms in total. The van der Waals surface area contributed by atoms with Gasteiger partial charge in [0.15, 0.2) is 5.11 Å². The van der Waals surface area contributed by atoms with Gasteiger partial charge in [-0.1, -0.05) is 50.2 Å². The van der Waals surface area contributed by atoms with Crippen molar-refractivity contribution in [3.63, 3.8) is 0 Å². The molecule has 1 aliphatic heterocycles. The Morgan fingerprint density at radius 2 is 1.85 bits per heavy atom. The summed E-state index contributed by atoms with van der Waals surface area (Å²) in [6.07, 6.45) is 1.82. The van der Waals surface area contributed by atoms with E-state index in [1.807, 2.05) is 48.7 Å². The zero-order valence-corrected chi connectivity index (χ0v) is 16.3. The normalized spacial score (nSPS) is 19.5. The van der Waals surface area contributed by atoms with Crippen molar-refractivity contribution in [3.8, 4) is 11.3 Å². The Morgan fingerprint density at radius 1 is 1.07 bits per heavy atom. The molecule has 0 aliphatic carbocycles. The van der Waals surface area contributed by atoms with Crippen LogP contribution in [0.15, 0.2) is 71.3 Å². The minimum Gasteiger partial charge on any atom is -0.459 e. The molecule has 5 heteroatoms. The summed E-state index contributed by atoms with van der Waals surface area (Å²) >= 11 is 5.66. The van der Waals surface area contributed by atoms with E-state index in [1.54, 1.807) is 0 Å². The molecule has 27 heavy (non-hydrogen) atoms. The molecule has 1 saturated heterocycles. The standard InChI is InChI=1S/C22H23N3OS/c1-15(2)14-25-21(20(24-22(25)27)17-10-6-7-13-23-17)19-12-11-18(26-19)16-8-4-3-5-9-16/h3-13,15,20-21H,14H2,1-2H3,(H,24,27)/t20-,21-/m0/s1. The van der Waals surface area contributed by atoms with Crippen LogP contribution in [-0.4, -0.2) is 21.5 Å². The highest BCUT2D eigenvalue weighted by Crippen LogP contribution is 2.40. The van der Waals surface area contributed by atoms with Gasteiger partial charge in [0.2, 0.25) is 0 Å². The zero-order valence-electron chi connectivity index (χ0n) is 15.5. The Kier molecular flexibility index (Phi) is 4.94. The van der Waals surface area contributed by atoms with Crippen LogP contribution in [0.5, 0.6) is 0 Å². The third-order valence-corrected chi connectivity index (χ3v) is 5.09. The number of thiocarbonyl (C=S) groups is 1. The van der Waals surface area contributed by atoms with Gasteiger partial charge in [-0.15, -0.1) is 0 Å². The monoisotopic (exact) mass is 377 g/mol. The van der Waals surface area contributed by atoms with Gasteiger partial charge in [0.05, 0.1) is 11.7 Å². The number of pyridine rings is 1. The fourth-order valence-corrected chi connectivity index (χ4v) is 3.89. The molecule has 0 spiro atoms. The molecular formula is C22H23N3OS. The molecule has 4 rings (SSSR count). The van der Waals surface area contributed by atoms with Crippen LogP contribution in [0.3, 0.4) is 0 Å². The fraction of sp³-hybridized carbons (Fsp3) is 0.273. The van der Waals surface area contributed by atoms with Crippen LogP contribution < -0.4 is 5.32 Å². The van der Waals surface area contributed by atoms with Gasteiger partial charge in [0, 0.05) is 18.3 Å². The lowest BCUT2D eigenvalue weighted by Gasteiger charge is -2.27. The fourth-order valence-electron chi connectivity index (χ4n) is 3.57. The predicted molar refractivity (Wildman–Crippen MR) is 111 cm³/mol. The van der Waals surface area contributed by atoms with Crippen LogP contribution >= 0.6 is 12.2 Å². The first-order chi connectivity index (χ1) is 13.1. The van der Waals surface area contributed by atoms with Crippen LogP contribution in [-0.2, 0) is 0 Å². The van der Waals surface area contributed by atoms with Crippen molar-refractivity contribution in [1.29, 1.82) is 0 Å². The molecule has 138 valence electrons. The average molecular weight is 378 g/mol. The molecule has 1 N–H and O–H groups in total. The highest BCUT2D eigenvalue weighted by molar-refractivity contribution is 7.80. The first-order valence-electron chi connectivity index (χ1n) is 9.26. The Morgan fingerprint density at radius 3 is 2.56 bits per heavy atom. The number of benzene rings is 1. The number of nitrogens with one attached hydrogen (secondary N) is 1. The van der Waals surface area contributed by atoms with Gasteiger partial charge in [-0.05, 0) is 42.4 Å². The molecular weight excluding hydrogens is 354 g/mol. The molecule has 0 bridgehead atoms. The molecule has 2 aromatic heterocycles. The second kappa shape index (κ2) is 7.53. The highest BCUT2D eigenvalue weighted by atomic mass is 32.1. The van der Waals surface area contributed by atoms with Crippen molar-refractivity contribution in [1.82, 2.24) is 15.2 Å². The molecule has 0 unspecified atom stereocenters. The van der Waals surface area contributed by atoms with Crippen LogP contribution in [0.1, 0.15) is 37.4 Å². The van der Waals surface area contributed by atoms with Crippen LogP contribution in [0, 0.1) is 5.92 Å². The van der Waals surface area contributed by atoms with Gasteiger partial charge < -0.3 is 14.6 Å². The molecule has 3 aromatic rings. The van der Waals surface area contributed by atoms with Crippen molar-refractivity contribution >= 4 is 17.3 Å². The Balaban J connectivity index is 1.73. The number of hydrogen-bond acceptors (Lipinski definition) is 3. The maximum absolute atomic E-state index is 6.30. The third-order valence-electron chi connectivity index (χ3n) is 4.74. The van der Waals surface area contributed by atoms with Crippen molar-refractivity contribution in [2.45, 2.75) is 25.9 Å². The zero-order chi connectivity index (χ0) is 18.8. The molecule has 1 aromatic carbocycles. The maximum atomic E-state index is 6.30. The van der Waals surface area contributed by atoms with Crippen LogP contribution in [0.25, 0.3) is 11.3 Å². The van der Waals surface area contributed by atoms with Crippen LogP contribution in [0.4, 0.5) is 0 Å². The summed E-state index contributed by atoms with van der Waals surface area (Å²) in [5.41, 5.74) is 2.04. The van der Waals surface area contributed by atoms with Gasteiger partial charge in [-0.25, -0.2) is 0 Å². The number of rotatable bonds is 5. The Labute approximate surface area is 165 Å². The second-order valence-electron chi connectivity index (χ2n) is 7.24. The first-order valence-corrected chi connectivity index (χ1v) is 9.67. The van der Waals surface area contributed by atoms with E-state index in [0.717, 1.165) is 34.4 Å². The third kappa shape index (κ3) is 3.60. The summed E-state index contributed by atoms with van der Waals surface area (Å²) < 4.78 is 6.30. The summed E-state index contributed by atoms with van der Waals surface area (Å²) in [6.45, 7) is 5.26. The van der Waals surface area contributed by atoms with E-state index in [9.17, 15) is 0 Å². The lowest BCUT2D eigenvalue weighted by molar-refractivity contribution is 0.253. The van der Waals surface area contributed by atoms with Crippen LogP contribution in [0.2, 0.25) is 0 Å². The minimum atomic E-state index is -0.0350. The van der Waals surface area contributed by atoms with Gasteiger partial charge in [-0.3, -0.25) is 4.98 Å². The van der Waals surface area contributed by atoms with E-state index in [-0.39, 0.29) is 12.1 Å². The minimum absolute atomic E-state index is 0.0211. The number of hydrogen-bond donors (Lipinski definition) is 1. The van der Waals surface area contributed by atoms with E-state index < -0.39 is 0 Å². The van der Waals surface area contributed by atoms with E-state index in [0.29, 0.717) is 5.92 Å². The van der Waals surface area contributed by atoms with Gasteiger partial charge in [-0.2, -0.15) is 0 Å². The van der Waals surface area contributed by atoms with E-state index in [2.05, 4.69) is 47.2 Å². The SMILES string of the molecule is CC(C)CN1C(=S)N[C@@H](c2ccccn2)[C@@H]1c1ccc(-c2ccccc2)o1. The summed E-state index contributed by atoms with van der Waals surface area (Å²) in [4.78, 5) is 6.79. The number of furan rings is 1. The van der Waals surface area contributed by atoms with Gasteiger partial charge in [0.1, 0.15) is 17.6 Å². The molecule has 3 heterocycles. The summed E-state index contributed by atoms with van der Waals surface area (Å²) in [5, 5.41) is 4.21. The Hall–Kier alpha value is -2.66. The lowest BCUT2D eigenvalue weighted by atomic mass is 10.0. The number of nitrogens with zero attached hydrogens (tertiary/aromatic N) is 2. The van der Waals surface area contributed by atoms with Crippen molar-refractivity contribution in [3.05, 3.63) is 78.3 Å². The van der Waals surface area contributed by atoms with Gasteiger partial charge >= 0.3 is 0 Å². The Bertz CT molecular complexity index is 908. The van der Waals surface area contributed by atoms with E-state index in [4.69, 9.17) is 16.6 Å². The first kappa shape index (κ1) is 17.7. The lowest BCUT2D eigenvalue weighted by Crippen LogP contribution is -2.32. The number of aromatic nitrogens is 1. The molecule has 1 aliphatic rings.